The maximum atomic E-state index is 9.68. The molecule has 0 aromatic rings. The van der Waals surface area contributed by atoms with Gasteiger partial charge >= 0.3 is 43.6 Å². The molecule has 2 nitrogen and oxygen atoms in total. The predicted molar refractivity (Wildman–Crippen MR) is 24.2 cm³/mol. The first-order valence-corrected chi connectivity index (χ1v) is 2.64. The van der Waals surface area contributed by atoms with Crippen molar-refractivity contribution in [2.24, 2.45) is 0 Å². The Morgan fingerprint density at radius 2 is 2.17 bits per heavy atom. The average Bonchev–Trinajstić information content (AvgIpc) is 1.36. The van der Waals surface area contributed by atoms with Crippen molar-refractivity contribution in [1.29, 1.82) is 0 Å². The zero-order chi connectivity index (χ0) is 5.15. The Morgan fingerprint density at radius 1 is 2.00 bits per heavy atom. The van der Waals surface area contributed by atoms with E-state index >= 15 is 0 Å². The van der Waals surface area contributed by atoms with Crippen molar-refractivity contribution in [1.82, 2.24) is 0 Å². The second-order valence-electron chi connectivity index (χ2n) is 1.01. The van der Waals surface area contributed by atoms with Gasteiger partial charge in [-0.3, -0.25) is 0 Å². The molecule has 0 bridgehead atoms. The van der Waals surface area contributed by atoms with E-state index in [9.17, 15) is 4.79 Å². The topological polar surface area (TPSA) is 37.3 Å². The van der Waals surface area contributed by atoms with Gasteiger partial charge in [-0.2, -0.15) is 0 Å². The molecule has 6 heavy (non-hydrogen) atoms. The predicted octanol–water partition coefficient (Wildman–Crippen LogP) is -0.220. The summed E-state index contributed by atoms with van der Waals surface area (Å²) in [6.45, 7) is 1.61. The van der Waals surface area contributed by atoms with Gasteiger partial charge in [-0.05, 0) is 0 Å². The van der Waals surface area contributed by atoms with E-state index in [0.29, 0.717) is 0 Å². The molecule has 0 saturated heterocycles. The third-order valence-electron chi connectivity index (χ3n) is 0.357. The molecule has 1 N–H and O–H groups in total. The quantitative estimate of drug-likeness (QED) is 0.529. The van der Waals surface area contributed by atoms with Gasteiger partial charge in [-0.1, -0.05) is 0 Å². The van der Waals surface area contributed by atoms with Crippen LogP contribution in [0.3, 0.4) is 0 Å². The molecule has 0 aromatic heterocycles. The van der Waals surface area contributed by atoms with Crippen LogP contribution in [0.15, 0.2) is 0 Å². The summed E-state index contributed by atoms with van der Waals surface area (Å²) in [5, 5.41) is 7.98. The van der Waals surface area contributed by atoms with E-state index in [1.165, 1.54) is 0 Å². The molecule has 1 unspecified atom stereocenters. The molecule has 0 saturated carbocycles. The summed E-state index contributed by atoms with van der Waals surface area (Å²) in [7, 11) is 0. The zero-order valence-electron chi connectivity index (χ0n) is 3.38. The summed E-state index contributed by atoms with van der Waals surface area (Å²) in [5.41, 5.74) is 0. The van der Waals surface area contributed by atoms with Crippen LogP contribution in [0.25, 0.3) is 0 Å². The van der Waals surface area contributed by atoms with Gasteiger partial charge in [-0.25, -0.2) is 0 Å². The Kier molecular flexibility index (Phi) is 2.21. The van der Waals surface area contributed by atoms with E-state index in [1.54, 1.807) is 6.92 Å². The van der Waals surface area contributed by atoms with Gasteiger partial charge < -0.3 is 0 Å². The van der Waals surface area contributed by atoms with Crippen molar-refractivity contribution in [2.75, 3.05) is 0 Å². The number of aliphatic carboxylic acids is 1. The number of carbonyl (C=O) groups is 1. The van der Waals surface area contributed by atoms with Gasteiger partial charge in [0.15, 0.2) is 0 Å². The van der Waals surface area contributed by atoms with Crippen LogP contribution in [-0.2, 0) is 4.79 Å². The van der Waals surface area contributed by atoms with Crippen molar-refractivity contribution in [3.63, 3.8) is 0 Å². The Balaban J connectivity index is 3.26. The average molecular weight is 153 g/mol. The molecule has 1 atom stereocenters. The third-order valence-corrected chi connectivity index (χ3v) is 0.821. The molecule has 0 amide bonds. The monoisotopic (exact) mass is 154 g/mol. The normalized spacial score (nSPS) is 13.7. The zero-order valence-corrected chi connectivity index (χ0v) is 5.26. The summed E-state index contributed by atoms with van der Waals surface area (Å²) in [5.74, 6) is -0.769. The number of hydrogen-bond acceptors (Lipinski definition) is 1. The van der Waals surface area contributed by atoms with E-state index < -0.39 is 5.97 Å². The molecule has 0 aliphatic heterocycles. The fourth-order valence-corrected chi connectivity index (χ4v) is 0. The minimum atomic E-state index is -0.769. The Morgan fingerprint density at radius 3 is 2.17 bits per heavy atom. The fourth-order valence-electron chi connectivity index (χ4n) is 0. The number of hydrogen-bond donors (Lipinski definition) is 1. The molecular formula is C3H6O2Se. The van der Waals surface area contributed by atoms with Crippen molar-refractivity contribution >= 4 is 22.0 Å². The summed E-state index contributed by atoms with van der Waals surface area (Å²) in [4.78, 5) is 9.39. The molecule has 0 rings (SSSR count). The van der Waals surface area contributed by atoms with Crippen LogP contribution in [0, 0.1) is 0 Å². The number of rotatable bonds is 1. The van der Waals surface area contributed by atoms with E-state index in [-0.39, 0.29) is 4.82 Å². The Hall–Kier alpha value is -0.0105. The second-order valence-corrected chi connectivity index (χ2v) is 2.64. The fraction of sp³-hybridized carbons (Fsp3) is 0.667. The van der Waals surface area contributed by atoms with Gasteiger partial charge in [0, 0.05) is 0 Å². The van der Waals surface area contributed by atoms with Crippen molar-refractivity contribution < 1.29 is 9.90 Å². The standard InChI is InChI=1S/C3H6O2Se/c1-2(6)3(4)5/h2,6H,1H3,(H,4,5). The summed E-state index contributed by atoms with van der Waals surface area (Å²) >= 11 is 2.04. The van der Waals surface area contributed by atoms with Crippen LogP contribution in [0.5, 0.6) is 0 Å². The van der Waals surface area contributed by atoms with E-state index in [0.717, 1.165) is 0 Å². The van der Waals surface area contributed by atoms with Gasteiger partial charge in [0.1, 0.15) is 0 Å². The molecule has 0 fully saturated rings. The first-order chi connectivity index (χ1) is 2.64. The van der Waals surface area contributed by atoms with Crippen LogP contribution in [-0.4, -0.2) is 27.1 Å². The molecule has 0 aliphatic carbocycles. The van der Waals surface area contributed by atoms with Crippen molar-refractivity contribution in [3.8, 4) is 0 Å². The first-order valence-electron chi connectivity index (χ1n) is 1.55. The van der Waals surface area contributed by atoms with Crippen molar-refractivity contribution in [3.05, 3.63) is 0 Å². The molecule has 0 aliphatic rings. The number of carboxylic acids is 1. The van der Waals surface area contributed by atoms with Crippen LogP contribution in [0.2, 0.25) is 4.82 Å². The van der Waals surface area contributed by atoms with Crippen LogP contribution in [0.4, 0.5) is 0 Å². The summed E-state index contributed by atoms with van der Waals surface area (Å²) < 4.78 is 0. The van der Waals surface area contributed by atoms with Gasteiger partial charge in [0.2, 0.25) is 0 Å². The molecular weight excluding hydrogens is 147 g/mol. The molecule has 3 heteroatoms. The summed E-state index contributed by atoms with van der Waals surface area (Å²) in [6, 6.07) is 0. The molecule has 36 valence electrons. The second kappa shape index (κ2) is 2.21. The maximum absolute atomic E-state index is 9.68. The van der Waals surface area contributed by atoms with E-state index in [1.807, 2.05) is 16.0 Å². The van der Waals surface area contributed by atoms with Crippen LogP contribution >= 0.6 is 0 Å². The van der Waals surface area contributed by atoms with Gasteiger partial charge in [0.25, 0.3) is 0 Å². The Bertz CT molecular complexity index is 59.8. The molecule has 0 heterocycles. The molecule has 0 radical (unpaired) electrons. The third kappa shape index (κ3) is 2.24. The SMILES string of the molecule is CC([SeH])C(=O)O. The van der Waals surface area contributed by atoms with Crippen LogP contribution in [0.1, 0.15) is 6.92 Å². The van der Waals surface area contributed by atoms with Crippen molar-refractivity contribution in [2.45, 2.75) is 11.7 Å². The van der Waals surface area contributed by atoms with Gasteiger partial charge in [-0.15, -0.1) is 0 Å². The number of carboxylic acid groups (broad SMARTS) is 1. The van der Waals surface area contributed by atoms with Gasteiger partial charge in [0.05, 0.1) is 0 Å². The molecule has 0 spiro atoms. The van der Waals surface area contributed by atoms with E-state index in [2.05, 4.69) is 0 Å². The van der Waals surface area contributed by atoms with Crippen LogP contribution < -0.4 is 0 Å². The van der Waals surface area contributed by atoms with E-state index in [4.69, 9.17) is 5.11 Å². The Labute approximate surface area is 44.4 Å². The molecule has 0 aromatic carbocycles. The first kappa shape index (κ1) is 5.99. The minimum absolute atomic E-state index is 0.294. The summed E-state index contributed by atoms with van der Waals surface area (Å²) in [6.07, 6.45) is 0.